The third-order valence-corrected chi connectivity index (χ3v) is 3.46. The van der Waals surface area contributed by atoms with Gasteiger partial charge in [0.15, 0.2) is 0 Å². The highest BCUT2D eigenvalue weighted by Gasteiger charge is 2.33. The molecule has 2 unspecified atom stereocenters. The van der Waals surface area contributed by atoms with Gasteiger partial charge in [0.2, 0.25) is 0 Å². The molecule has 2 aliphatic rings. The summed E-state index contributed by atoms with van der Waals surface area (Å²) in [5, 5.41) is 0. The van der Waals surface area contributed by atoms with Crippen LogP contribution < -0.4 is 0 Å². The fourth-order valence-electron chi connectivity index (χ4n) is 2.75. The van der Waals surface area contributed by atoms with Crippen molar-refractivity contribution in [3.8, 4) is 0 Å². The fourth-order valence-corrected chi connectivity index (χ4v) is 2.75. The van der Waals surface area contributed by atoms with Gasteiger partial charge in [-0.15, -0.1) is 0 Å². The zero-order chi connectivity index (χ0) is 11.1. The maximum atomic E-state index is 5.45. The summed E-state index contributed by atoms with van der Waals surface area (Å²) in [6, 6.07) is 8.78. The van der Waals surface area contributed by atoms with Crippen molar-refractivity contribution < 1.29 is 4.74 Å². The summed E-state index contributed by atoms with van der Waals surface area (Å²) in [5.74, 6) is 1.49. The van der Waals surface area contributed by atoms with Crippen molar-refractivity contribution in [1.29, 1.82) is 0 Å². The van der Waals surface area contributed by atoms with E-state index in [-0.39, 0.29) is 6.04 Å². The summed E-state index contributed by atoms with van der Waals surface area (Å²) >= 11 is 0. The molecule has 2 nitrogen and oxygen atoms in total. The van der Waals surface area contributed by atoms with Gasteiger partial charge in [-0.1, -0.05) is 24.3 Å². The molecule has 2 heteroatoms. The lowest BCUT2D eigenvalue weighted by molar-refractivity contribution is 0.363. The highest BCUT2D eigenvalue weighted by atomic mass is 16.5. The van der Waals surface area contributed by atoms with Gasteiger partial charge in [0.05, 0.1) is 13.2 Å². The van der Waals surface area contributed by atoms with E-state index < -0.39 is 0 Å². The van der Waals surface area contributed by atoms with Crippen molar-refractivity contribution in [3.63, 3.8) is 0 Å². The molecule has 0 saturated heterocycles. The van der Waals surface area contributed by atoms with Crippen LogP contribution >= 0.6 is 0 Å². The van der Waals surface area contributed by atoms with Crippen LogP contribution in [0.1, 0.15) is 30.4 Å². The molecule has 0 aromatic heterocycles. The van der Waals surface area contributed by atoms with E-state index in [2.05, 4.69) is 42.3 Å². The smallest absolute Gasteiger partial charge is 0.124 e. The van der Waals surface area contributed by atoms with E-state index in [1.807, 2.05) is 0 Å². The van der Waals surface area contributed by atoms with Gasteiger partial charge in [0.25, 0.3) is 0 Å². The zero-order valence-corrected chi connectivity index (χ0v) is 9.60. The summed E-state index contributed by atoms with van der Waals surface area (Å²) in [5.41, 5.74) is 3.86. The van der Waals surface area contributed by atoms with Crippen molar-refractivity contribution in [2.24, 2.45) is 4.99 Å². The quantitative estimate of drug-likeness (QED) is 0.702. The Morgan fingerprint density at radius 2 is 2.12 bits per heavy atom. The van der Waals surface area contributed by atoms with Crippen LogP contribution in [0.5, 0.6) is 0 Å². The van der Waals surface area contributed by atoms with E-state index in [1.165, 1.54) is 16.8 Å². The Morgan fingerprint density at radius 1 is 1.31 bits per heavy atom. The molecule has 82 valence electrons. The van der Waals surface area contributed by atoms with Crippen LogP contribution in [-0.4, -0.2) is 18.9 Å². The van der Waals surface area contributed by atoms with Gasteiger partial charge in [0, 0.05) is 17.2 Å². The molecule has 2 atom stereocenters. The molecule has 3 rings (SSSR count). The summed E-state index contributed by atoms with van der Waals surface area (Å²) in [7, 11) is 1.73. The second kappa shape index (κ2) is 3.48. The second-order valence-corrected chi connectivity index (χ2v) is 4.49. The summed E-state index contributed by atoms with van der Waals surface area (Å²) in [6.45, 7) is 2.11. The lowest BCUT2D eigenvalue weighted by Gasteiger charge is -2.25. The van der Waals surface area contributed by atoms with E-state index in [0.29, 0.717) is 5.92 Å². The van der Waals surface area contributed by atoms with Gasteiger partial charge in [-0.3, -0.25) is 4.99 Å². The number of hydrogen-bond donors (Lipinski definition) is 0. The first kappa shape index (κ1) is 9.64. The Morgan fingerprint density at radius 3 is 2.94 bits per heavy atom. The normalized spacial score (nSPS) is 26.6. The van der Waals surface area contributed by atoms with Crippen molar-refractivity contribution in [2.75, 3.05) is 7.11 Å². The molecule has 0 radical (unpaired) electrons. The van der Waals surface area contributed by atoms with E-state index in [0.717, 1.165) is 12.2 Å². The highest BCUT2D eigenvalue weighted by molar-refractivity contribution is 5.87. The molecule has 0 spiro atoms. The number of rotatable bonds is 1. The Hall–Kier alpha value is -1.57. The van der Waals surface area contributed by atoms with Crippen LogP contribution in [0.15, 0.2) is 35.3 Å². The molecule has 1 heterocycles. The molecule has 0 amide bonds. The minimum absolute atomic E-state index is 0.282. The number of fused-ring (bicyclic) bond motifs is 3. The van der Waals surface area contributed by atoms with Crippen molar-refractivity contribution in [3.05, 3.63) is 41.5 Å². The minimum atomic E-state index is 0.282. The average molecular weight is 213 g/mol. The monoisotopic (exact) mass is 213 g/mol. The van der Waals surface area contributed by atoms with Gasteiger partial charge in [-0.05, 0) is 25.0 Å². The predicted molar refractivity (Wildman–Crippen MR) is 65.7 cm³/mol. The molecule has 1 aliphatic carbocycles. The molecule has 1 aliphatic heterocycles. The lowest BCUT2D eigenvalue weighted by Crippen LogP contribution is -2.17. The Labute approximate surface area is 95.7 Å². The molecule has 16 heavy (non-hydrogen) atoms. The second-order valence-electron chi connectivity index (χ2n) is 4.49. The molecule has 0 bridgehead atoms. The van der Waals surface area contributed by atoms with Crippen LogP contribution in [-0.2, 0) is 4.74 Å². The van der Waals surface area contributed by atoms with Crippen LogP contribution in [0.3, 0.4) is 0 Å². The highest BCUT2D eigenvalue weighted by Crippen LogP contribution is 2.41. The number of methoxy groups -OCH3 is 1. The van der Waals surface area contributed by atoms with Gasteiger partial charge >= 0.3 is 0 Å². The number of hydrogen-bond acceptors (Lipinski definition) is 2. The third-order valence-electron chi connectivity index (χ3n) is 3.46. The first-order valence-electron chi connectivity index (χ1n) is 5.68. The average Bonchev–Trinajstić information content (AvgIpc) is 2.68. The van der Waals surface area contributed by atoms with E-state index >= 15 is 0 Å². The Kier molecular flexibility index (Phi) is 2.10. The molecule has 1 aromatic rings. The van der Waals surface area contributed by atoms with E-state index in [1.54, 1.807) is 7.11 Å². The van der Waals surface area contributed by atoms with E-state index in [9.17, 15) is 0 Å². The topological polar surface area (TPSA) is 21.6 Å². The number of ether oxygens (including phenoxy) is 1. The molecule has 1 aromatic carbocycles. The first-order valence-corrected chi connectivity index (χ1v) is 5.68. The van der Waals surface area contributed by atoms with Crippen molar-refractivity contribution in [1.82, 2.24) is 0 Å². The van der Waals surface area contributed by atoms with Crippen LogP contribution in [0.2, 0.25) is 0 Å². The van der Waals surface area contributed by atoms with Crippen molar-refractivity contribution in [2.45, 2.75) is 25.3 Å². The number of benzene rings is 1. The maximum absolute atomic E-state index is 5.45. The number of aliphatic imine (C=N–C) groups is 1. The van der Waals surface area contributed by atoms with Crippen LogP contribution in [0.4, 0.5) is 0 Å². The van der Waals surface area contributed by atoms with Gasteiger partial charge in [0.1, 0.15) is 5.76 Å². The summed E-state index contributed by atoms with van der Waals surface area (Å²) in [4.78, 5) is 4.67. The largest absolute Gasteiger partial charge is 0.496 e. The Bertz CT molecular complexity index is 487. The van der Waals surface area contributed by atoms with Gasteiger partial charge < -0.3 is 4.74 Å². The summed E-state index contributed by atoms with van der Waals surface area (Å²) in [6.07, 6.45) is 3.23. The summed E-state index contributed by atoms with van der Waals surface area (Å²) < 4.78 is 5.45. The first-order chi connectivity index (χ1) is 7.79. The lowest BCUT2D eigenvalue weighted by atomic mass is 9.82. The maximum Gasteiger partial charge on any atom is 0.124 e. The van der Waals surface area contributed by atoms with Crippen LogP contribution in [0.25, 0.3) is 5.76 Å². The molecule has 0 saturated carbocycles. The predicted octanol–water partition coefficient (Wildman–Crippen LogP) is 3.00. The van der Waals surface area contributed by atoms with Crippen LogP contribution in [0, 0.1) is 0 Å². The Balaban J connectivity index is 2.14. The van der Waals surface area contributed by atoms with E-state index in [4.69, 9.17) is 4.74 Å². The third kappa shape index (κ3) is 1.29. The molecule has 0 fully saturated rings. The van der Waals surface area contributed by atoms with Crippen molar-refractivity contribution >= 4 is 11.5 Å². The molecular weight excluding hydrogens is 198 g/mol. The fraction of sp³-hybridized carbons (Fsp3) is 0.357. The SMILES string of the molecule is COC1=CC2N=C(C)CC2c2ccccc21. The number of nitrogens with zero attached hydrogens (tertiary/aromatic N) is 1. The minimum Gasteiger partial charge on any atom is -0.496 e. The van der Waals surface area contributed by atoms with Gasteiger partial charge in [-0.25, -0.2) is 0 Å². The standard InChI is InChI=1S/C14H15NO/c1-9-7-12-10-5-3-4-6-11(10)14(16-2)8-13(12)15-9/h3-6,8,12-13H,7H2,1-2H3. The molecule has 0 N–H and O–H groups in total. The zero-order valence-electron chi connectivity index (χ0n) is 9.60. The van der Waals surface area contributed by atoms with Gasteiger partial charge in [-0.2, -0.15) is 0 Å². The molecular formula is C14H15NO.